The van der Waals surface area contributed by atoms with E-state index < -0.39 is 23.4 Å². The van der Waals surface area contributed by atoms with Gasteiger partial charge in [0.1, 0.15) is 0 Å². The quantitative estimate of drug-likeness (QED) is 0.399. The van der Waals surface area contributed by atoms with Gasteiger partial charge in [-0.3, -0.25) is 14.9 Å². The molecule has 3 aromatic rings. The fourth-order valence-electron chi connectivity index (χ4n) is 2.47. The van der Waals surface area contributed by atoms with E-state index in [2.05, 4.69) is 10.4 Å². The number of amides is 1. The van der Waals surface area contributed by atoms with E-state index in [-0.39, 0.29) is 5.69 Å². The summed E-state index contributed by atoms with van der Waals surface area (Å²) in [5.41, 5.74) is 1.96. The van der Waals surface area contributed by atoms with E-state index in [4.69, 9.17) is 4.74 Å². The molecule has 0 saturated heterocycles. The molecule has 0 fully saturated rings. The Morgan fingerprint density at radius 3 is 2.57 bits per heavy atom. The fourth-order valence-corrected chi connectivity index (χ4v) is 2.47. The number of non-ortho nitro benzene ring substituents is 1. The summed E-state index contributed by atoms with van der Waals surface area (Å²) >= 11 is 0. The minimum absolute atomic E-state index is 0.0690. The van der Waals surface area contributed by atoms with Gasteiger partial charge in [-0.2, -0.15) is 5.10 Å². The number of aryl methyl sites for hydroxylation is 1. The van der Waals surface area contributed by atoms with Gasteiger partial charge in [-0.05, 0) is 48.9 Å². The highest BCUT2D eigenvalue weighted by molar-refractivity contribution is 5.96. The number of nitro benzene ring substituents is 1. The maximum absolute atomic E-state index is 12.1. The minimum Gasteiger partial charge on any atom is -0.452 e. The van der Waals surface area contributed by atoms with Crippen molar-refractivity contribution >= 4 is 23.3 Å². The van der Waals surface area contributed by atoms with Crippen LogP contribution in [0.1, 0.15) is 15.9 Å². The van der Waals surface area contributed by atoms with Crippen LogP contribution in [0.4, 0.5) is 11.4 Å². The average molecular weight is 380 g/mol. The van der Waals surface area contributed by atoms with Crippen LogP contribution >= 0.6 is 0 Å². The second kappa shape index (κ2) is 8.12. The van der Waals surface area contributed by atoms with Crippen LogP contribution in [0.25, 0.3) is 5.69 Å². The standard InChI is InChI=1S/C19H16N4O5/c1-13-11-16(23(26)27)7-8-17(13)21-18(24)12-28-19(25)14-3-5-15(6-4-14)22-10-2-9-20-22/h2-11H,12H2,1H3,(H,21,24). The van der Waals surface area contributed by atoms with Gasteiger partial charge in [0.15, 0.2) is 6.61 Å². The first kappa shape index (κ1) is 18.8. The van der Waals surface area contributed by atoms with E-state index >= 15 is 0 Å². The second-order valence-corrected chi connectivity index (χ2v) is 5.88. The van der Waals surface area contributed by atoms with Gasteiger partial charge in [0.2, 0.25) is 0 Å². The lowest BCUT2D eigenvalue weighted by Crippen LogP contribution is -2.21. The molecule has 9 nitrogen and oxygen atoms in total. The lowest BCUT2D eigenvalue weighted by atomic mass is 10.2. The van der Waals surface area contributed by atoms with Gasteiger partial charge in [0.05, 0.1) is 16.2 Å². The van der Waals surface area contributed by atoms with Gasteiger partial charge < -0.3 is 10.1 Å². The zero-order chi connectivity index (χ0) is 20.1. The number of rotatable bonds is 6. The molecular weight excluding hydrogens is 364 g/mol. The molecule has 0 aliphatic heterocycles. The topological polar surface area (TPSA) is 116 Å². The highest BCUT2D eigenvalue weighted by Gasteiger charge is 2.13. The maximum atomic E-state index is 12.1. The minimum atomic E-state index is -0.636. The van der Waals surface area contributed by atoms with Gasteiger partial charge in [0.25, 0.3) is 11.6 Å². The molecule has 2 aromatic carbocycles. The number of benzene rings is 2. The molecule has 0 spiro atoms. The number of hydrogen-bond acceptors (Lipinski definition) is 6. The number of anilines is 1. The molecule has 0 saturated carbocycles. The molecule has 1 heterocycles. The van der Waals surface area contributed by atoms with Crippen LogP contribution in [-0.4, -0.2) is 33.2 Å². The number of carbonyl (C=O) groups is 2. The number of nitro groups is 1. The molecule has 3 rings (SSSR count). The zero-order valence-electron chi connectivity index (χ0n) is 14.9. The van der Waals surface area contributed by atoms with Crippen LogP contribution in [0.15, 0.2) is 60.9 Å². The van der Waals surface area contributed by atoms with Crippen LogP contribution in [0.3, 0.4) is 0 Å². The first-order valence-electron chi connectivity index (χ1n) is 8.26. The monoisotopic (exact) mass is 380 g/mol. The third kappa shape index (κ3) is 4.39. The van der Waals surface area contributed by atoms with Crippen LogP contribution in [0, 0.1) is 17.0 Å². The Morgan fingerprint density at radius 2 is 1.96 bits per heavy atom. The van der Waals surface area contributed by atoms with Crippen LogP contribution < -0.4 is 5.32 Å². The van der Waals surface area contributed by atoms with Crippen LogP contribution in [-0.2, 0) is 9.53 Å². The number of aromatic nitrogens is 2. The largest absolute Gasteiger partial charge is 0.452 e. The van der Waals surface area contributed by atoms with Crippen molar-refractivity contribution in [2.24, 2.45) is 0 Å². The molecule has 1 amide bonds. The van der Waals surface area contributed by atoms with E-state index in [1.807, 2.05) is 0 Å². The summed E-state index contributed by atoms with van der Waals surface area (Å²) in [5.74, 6) is -1.18. The zero-order valence-corrected chi connectivity index (χ0v) is 14.9. The first-order chi connectivity index (χ1) is 13.4. The van der Waals surface area contributed by atoms with Gasteiger partial charge in [-0.1, -0.05) is 0 Å². The summed E-state index contributed by atoms with van der Waals surface area (Å²) in [5, 5.41) is 17.4. The van der Waals surface area contributed by atoms with Crippen molar-refractivity contribution in [2.75, 3.05) is 11.9 Å². The normalized spacial score (nSPS) is 10.3. The Hall–Kier alpha value is -4.01. The SMILES string of the molecule is Cc1cc([N+](=O)[O-])ccc1NC(=O)COC(=O)c1ccc(-n2cccn2)cc1. The fraction of sp³-hybridized carbons (Fsp3) is 0.105. The summed E-state index contributed by atoms with van der Waals surface area (Å²) in [6, 6.07) is 12.4. The van der Waals surface area contributed by atoms with Gasteiger partial charge in [-0.15, -0.1) is 0 Å². The summed E-state index contributed by atoms with van der Waals surface area (Å²) < 4.78 is 6.66. The Morgan fingerprint density at radius 1 is 1.21 bits per heavy atom. The van der Waals surface area contributed by atoms with Crippen molar-refractivity contribution < 1.29 is 19.2 Å². The molecule has 1 aromatic heterocycles. The lowest BCUT2D eigenvalue weighted by molar-refractivity contribution is -0.384. The van der Waals surface area contributed by atoms with Crippen LogP contribution in [0.5, 0.6) is 0 Å². The van der Waals surface area contributed by atoms with Crippen molar-refractivity contribution in [3.05, 3.63) is 82.2 Å². The van der Waals surface area contributed by atoms with Crippen molar-refractivity contribution in [2.45, 2.75) is 6.92 Å². The molecule has 0 radical (unpaired) electrons. The predicted octanol–water partition coefficient (Wildman–Crippen LogP) is 2.88. The first-order valence-corrected chi connectivity index (χ1v) is 8.26. The van der Waals surface area contributed by atoms with Gasteiger partial charge in [-0.25, -0.2) is 9.48 Å². The molecular formula is C19H16N4O5. The molecule has 0 aliphatic carbocycles. The number of nitrogens with zero attached hydrogens (tertiary/aromatic N) is 3. The summed E-state index contributed by atoms with van der Waals surface area (Å²) in [7, 11) is 0. The maximum Gasteiger partial charge on any atom is 0.338 e. The Balaban J connectivity index is 1.55. The van der Waals surface area contributed by atoms with Crippen molar-refractivity contribution in [1.29, 1.82) is 0 Å². The third-order valence-electron chi connectivity index (χ3n) is 3.90. The molecule has 0 unspecified atom stereocenters. The Labute approximate surface area is 159 Å². The van der Waals surface area contributed by atoms with Crippen molar-refractivity contribution in [3.63, 3.8) is 0 Å². The average Bonchev–Trinajstić information content (AvgIpc) is 3.22. The molecule has 142 valence electrons. The highest BCUT2D eigenvalue weighted by Crippen LogP contribution is 2.21. The second-order valence-electron chi connectivity index (χ2n) is 5.88. The van der Waals surface area contributed by atoms with Gasteiger partial charge in [0, 0.05) is 30.2 Å². The predicted molar refractivity (Wildman–Crippen MR) is 100 cm³/mol. The number of nitrogens with one attached hydrogen (secondary N) is 1. The highest BCUT2D eigenvalue weighted by atomic mass is 16.6. The molecule has 0 atom stereocenters. The molecule has 9 heteroatoms. The van der Waals surface area contributed by atoms with E-state index in [1.54, 1.807) is 54.3 Å². The van der Waals surface area contributed by atoms with E-state index in [1.165, 1.54) is 18.2 Å². The number of hydrogen-bond donors (Lipinski definition) is 1. The molecule has 0 bridgehead atoms. The van der Waals surface area contributed by atoms with Crippen molar-refractivity contribution in [3.8, 4) is 5.69 Å². The Kier molecular flexibility index (Phi) is 5.45. The summed E-state index contributed by atoms with van der Waals surface area (Å²) in [4.78, 5) is 34.3. The summed E-state index contributed by atoms with van der Waals surface area (Å²) in [6.45, 7) is 1.16. The summed E-state index contributed by atoms with van der Waals surface area (Å²) in [6.07, 6.45) is 3.42. The van der Waals surface area contributed by atoms with Gasteiger partial charge >= 0.3 is 5.97 Å². The smallest absolute Gasteiger partial charge is 0.338 e. The van der Waals surface area contributed by atoms with E-state index in [0.717, 1.165) is 5.69 Å². The third-order valence-corrected chi connectivity index (χ3v) is 3.90. The number of ether oxygens (including phenoxy) is 1. The van der Waals surface area contributed by atoms with Crippen molar-refractivity contribution in [1.82, 2.24) is 9.78 Å². The van der Waals surface area contributed by atoms with E-state index in [9.17, 15) is 19.7 Å². The molecule has 1 N–H and O–H groups in total. The van der Waals surface area contributed by atoms with E-state index in [0.29, 0.717) is 16.8 Å². The van der Waals surface area contributed by atoms with Crippen LogP contribution in [0.2, 0.25) is 0 Å². The Bertz CT molecular complexity index is 1010. The molecule has 0 aliphatic rings. The molecule has 28 heavy (non-hydrogen) atoms. The number of esters is 1. The lowest BCUT2D eigenvalue weighted by Gasteiger charge is -2.09. The number of carbonyl (C=O) groups excluding carboxylic acids is 2.